The van der Waals surface area contributed by atoms with Crippen LogP contribution in [0.1, 0.15) is 28.9 Å². The number of aromatic nitrogens is 1. The summed E-state index contributed by atoms with van der Waals surface area (Å²) in [5.41, 5.74) is 4.22. The number of rotatable bonds is 6. The molecule has 1 amide bonds. The Bertz CT molecular complexity index is 936. The minimum atomic E-state index is -0.270. The van der Waals surface area contributed by atoms with Crippen molar-refractivity contribution in [2.75, 3.05) is 51.2 Å². The van der Waals surface area contributed by atoms with Crippen molar-refractivity contribution < 1.29 is 4.79 Å². The fourth-order valence-electron chi connectivity index (χ4n) is 4.15. The normalized spacial score (nSPS) is 18.9. The van der Waals surface area contributed by atoms with E-state index in [1.807, 2.05) is 36.5 Å². The zero-order valence-corrected chi connectivity index (χ0v) is 19.3. The minimum absolute atomic E-state index is 0.270. The number of hydrogen-bond donors (Lipinski definition) is 1. The summed E-state index contributed by atoms with van der Waals surface area (Å²) >= 11 is 6.28. The summed E-state index contributed by atoms with van der Waals surface area (Å²) in [6.45, 7) is 6.69. The molecule has 1 aromatic carbocycles. The molecular formula is C24H31ClN6O. The van der Waals surface area contributed by atoms with Crippen LogP contribution < -0.4 is 10.3 Å². The summed E-state index contributed by atoms with van der Waals surface area (Å²) in [5.74, 6) is 0.941. The smallest absolute Gasteiger partial charge is 0.290 e. The quantitative estimate of drug-likeness (QED) is 0.536. The maximum absolute atomic E-state index is 12.5. The molecule has 0 radical (unpaired) electrons. The molecule has 2 aromatic rings. The zero-order valence-electron chi connectivity index (χ0n) is 18.6. The lowest BCUT2D eigenvalue weighted by atomic mass is 9.98. The summed E-state index contributed by atoms with van der Waals surface area (Å²) in [4.78, 5) is 24.0. The molecule has 2 aliphatic heterocycles. The topological polar surface area (TPSA) is 64.1 Å². The van der Waals surface area contributed by atoms with Crippen molar-refractivity contribution in [2.24, 2.45) is 11.0 Å². The Kier molecular flexibility index (Phi) is 7.73. The fraction of sp³-hybridized carbons (Fsp3) is 0.458. The van der Waals surface area contributed by atoms with Crippen molar-refractivity contribution in [3.05, 3.63) is 58.7 Å². The first kappa shape index (κ1) is 22.7. The van der Waals surface area contributed by atoms with Gasteiger partial charge in [-0.05, 0) is 62.7 Å². The van der Waals surface area contributed by atoms with Gasteiger partial charge in [0.15, 0.2) is 0 Å². The van der Waals surface area contributed by atoms with Gasteiger partial charge in [-0.1, -0.05) is 35.9 Å². The van der Waals surface area contributed by atoms with E-state index in [1.165, 1.54) is 5.56 Å². The highest BCUT2D eigenvalue weighted by atomic mass is 35.5. The number of amides is 1. The van der Waals surface area contributed by atoms with E-state index in [2.05, 4.69) is 43.3 Å². The number of piperazine rings is 1. The van der Waals surface area contributed by atoms with Gasteiger partial charge in [-0.25, -0.2) is 10.4 Å². The van der Waals surface area contributed by atoms with Crippen LogP contribution in [0, 0.1) is 5.92 Å². The molecule has 32 heavy (non-hydrogen) atoms. The fourth-order valence-corrected chi connectivity index (χ4v) is 4.34. The summed E-state index contributed by atoms with van der Waals surface area (Å²) in [5, 5.41) is 5.05. The van der Waals surface area contributed by atoms with Crippen LogP contribution in [0.2, 0.25) is 5.02 Å². The minimum Gasteiger partial charge on any atom is -0.354 e. The number of halogens is 1. The summed E-state index contributed by atoms with van der Waals surface area (Å²) in [6.07, 6.45) is 3.90. The van der Waals surface area contributed by atoms with E-state index in [0.29, 0.717) is 11.6 Å². The number of carbonyl (C=O) groups excluding carboxylic acids is 1. The Balaban J connectivity index is 1.24. The van der Waals surface area contributed by atoms with Gasteiger partial charge in [-0.15, -0.1) is 0 Å². The van der Waals surface area contributed by atoms with Crippen molar-refractivity contribution in [3.8, 4) is 0 Å². The molecule has 4 rings (SSSR count). The lowest BCUT2D eigenvalue weighted by molar-refractivity contribution is 0.0949. The van der Waals surface area contributed by atoms with Crippen molar-refractivity contribution in [1.29, 1.82) is 0 Å². The number of carbonyl (C=O) groups is 1. The molecule has 0 aliphatic carbocycles. The van der Waals surface area contributed by atoms with Gasteiger partial charge in [-0.2, -0.15) is 5.10 Å². The molecule has 2 aliphatic rings. The van der Waals surface area contributed by atoms with Crippen LogP contribution in [0.4, 0.5) is 5.82 Å². The first-order valence-corrected chi connectivity index (χ1v) is 11.7. The first-order valence-electron chi connectivity index (χ1n) is 11.3. The van der Waals surface area contributed by atoms with Crippen molar-refractivity contribution in [2.45, 2.75) is 19.4 Å². The molecule has 3 heterocycles. The molecule has 1 N–H and O–H groups in total. The van der Waals surface area contributed by atoms with Gasteiger partial charge in [0.2, 0.25) is 0 Å². The van der Waals surface area contributed by atoms with E-state index in [9.17, 15) is 4.79 Å². The Hall–Kier alpha value is -2.48. The number of piperidine rings is 1. The van der Waals surface area contributed by atoms with Gasteiger partial charge >= 0.3 is 0 Å². The number of pyridine rings is 1. The number of nitrogens with zero attached hydrogens (tertiary/aromatic N) is 5. The highest BCUT2D eigenvalue weighted by Gasteiger charge is 2.19. The predicted molar refractivity (Wildman–Crippen MR) is 129 cm³/mol. The molecule has 2 fully saturated rings. The van der Waals surface area contributed by atoms with Gasteiger partial charge in [0.25, 0.3) is 5.91 Å². The third kappa shape index (κ3) is 6.06. The Morgan fingerprint density at radius 1 is 1.09 bits per heavy atom. The summed E-state index contributed by atoms with van der Waals surface area (Å²) in [6, 6.07) is 13.6. The molecule has 0 unspecified atom stereocenters. The second kappa shape index (κ2) is 10.9. The number of benzene rings is 1. The highest BCUT2D eigenvalue weighted by Crippen LogP contribution is 2.21. The lowest BCUT2D eigenvalue weighted by Crippen LogP contribution is -2.44. The number of nitrogens with one attached hydrogen (secondary N) is 1. The highest BCUT2D eigenvalue weighted by molar-refractivity contribution is 6.31. The summed E-state index contributed by atoms with van der Waals surface area (Å²) < 4.78 is 0. The Morgan fingerprint density at radius 3 is 2.59 bits per heavy atom. The average Bonchev–Trinajstić information content (AvgIpc) is 2.82. The van der Waals surface area contributed by atoms with Crippen molar-refractivity contribution in [3.63, 3.8) is 0 Å². The van der Waals surface area contributed by atoms with E-state index in [4.69, 9.17) is 11.6 Å². The van der Waals surface area contributed by atoms with Gasteiger partial charge < -0.3 is 9.80 Å². The summed E-state index contributed by atoms with van der Waals surface area (Å²) in [7, 11) is 2.12. The van der Waals surface area contributed by atoms with Gasteiger partial charge in [0.05, 0.1) is 0 Å². The lowest BCUT2D eigenvalue weighted by Gasteiger charge is -2.33. The predicted octanol–water partition coefficient (Wildman–Crippen LogP) is 3.11. The number of likely N-dealkylation sites (tertiary alicyclic amines) is 1. The van der Waals surface area contributed by atoms with Crippen LogP contribution in [-0.4, -0.2) is 73.2 Å². The zero-order chi connectivity index (χ0) is 22.3. The standard InChI is InChI=1S/C24H31ClN6O/c1-29-13-15-31(16-14-29)23-8-4-7-22(27-23)24(32)28-26-17-19-9-11-30(12-10-19)18-20-5-2-3-6-21(20)25/h2-8,17,19H,9-16,18H2,1H3,(H,28,32). The largest absolute Gasteiger partial charge is 0.354 e. The van der Waals surface area contributed by atoms with Crippen molar-refractivity contribution in [1.82, 2.24) is 20.2 Å². The molecular weight excluding hydrogens is 424 g/mol. The van der Waals surface area contributed by atoms with E-state index < -0.39 is 0 Å². The second-order valence-corrected chi connectivity index (χ2v) is 9.00. The second-order valence-electron chi connectivity index (χ2n) is 8.60. The van der Waals surface area contributed by atoms with Crippen molar-refractivity contribution >= 4 is 29.5 Å². The van der Waals surface area contributed by atoms with Gasteiger partial charge in [0, 0.05) is 44.0 Å². The maximum atomic E-state index is 12.5. The molecule has 0 atom stereocenters. The van der Waals surface area contributed by atoms with Gasteiger partial charge in [0.1, 0.15) is 11.5 Å². The average molecular weight is 455 g/mol. The Labute approximate surface area is 195 Å². The van der Waals surface area contributed by atoms with E-state index in [0.717, 1.165) is 69.5 Å². The molecule has 8 heteroatoms. The molecule has 1 aromatic heterocycles. The van der Waals surface area contributed by atoms with E-state index in [-0.39, 0.29) is 5.91 Å². The molecule has 2 saturated heterocycles. The monoisotopic (exact) mass is 454 g/mol. The molecule has 7 nitrogen and oxygen atoms in total. The van der Waals surface area contributed by atoms with Crippen LogP contribution in [0.5, 0.6) is 0 Å². The van der Waals surface area contributed by atoms with Crippen LogP contribution in [0.25, 0.3) is 0 Å². The number of hydrogen-bond acceptors (Lipinski definition) is 6. The van der Waals surface area contributed by atoms with Gasteiger partial charge in [-0.3, -0.25) is 9.69 Å². The first-order chi connectivity index (χ1) is 15.6. The Morgan fingerprint density at radius 2 is 1.84 bits per heavy atom. The number of hydrazone groups is 1. The van der Waals surface area contributed by atoms with Crippen LogP contribution in [0.3, 0.4) is 0 Å². The molecule has 0 bridgehead atoms. The number of likely N-dealkylation sites (N-methyl/N-ethyl adjacent to an activating group) is 1. The van der Waals surface area contributed by atoms with E-state index in [1.54, 1.807) is 6.07 Å². The van der Waals surface area contributed by atoms with E-state index >= 15 is 0 Å². The van der Waals surface area contributed by atoms with Crippen LogP contribution in [0.15, 0.2) is 47.6 Å². The van der Waals surface area contributed by atoms with Crippen LogP contribution in [-0.2, 0) is 6.54 Å². The number of anilines is 1. The SMILES string of the molecule is CN1CCN(c2cccc(C(=O)NN=CC3CCN(Cc4ccccc4Cl)CC3)n2)CC1. The van der Waals surface area contributed by atoms with Crippen LogP contribution >= 0.6 is 11.6 Å². The third-order valence-electron chi connectivity index (χ3n) is 6.23. The molecule has 0 spiro atoms. The third-order valence-corrected chi connectivity index (χ3v) is 6.60. The maximum Gasteiger partial charge on any atom is 0.290 e. The molecule has 0 saturated carbocycles. The molecule has 170 valence electrons.